The first kappa shape index (κ1) is 22.3. The standard InChI is InChI=1S/C23H31IO2Si/c1-18(16-24)22(25)19(2)17-26-27(23(3,4)5,20-12-8-6-9-13-20)21-14-10-7-11-15-21/h6-16,19,22,25H,17H2,1-5H3/b18-16-/t19-,22-/m0/s1. The van der Waals surface area contributed by atoms with Crippen LogP contribution in [-0.2, 0) is 4.43 Å². The zero-order chi connectivity index (χ0) is 20.1. The van der Waals surface area contributed by atoms with Crippen molar-refractivity contribution < 1.29 is 9.53 Å². The Bertz CT molecular complexity index is 698. The molecule has 27 heavy (non-hydrogen) atoms. The molecule has 0 fully saturated rings. The topological polar surface area (TPSA) is 29.5 Å². The smallest absolute Gasteiger partial charge is 0.261 e. The predicted octanol–water partition coefficient (Wildman–Crippen LogP) is 4.90. The van der Waals surface area contributed by atoms with E-state index in [4.69, 9.17) is 4.43 Å². The summed E-state index contributed by atoms with van der Waals surface area (Å²) in [4.78, 5) is 0. The molecule has 0 aliphatic heterocycles. The SMILES string of the molecule is C/C(=C/I)[C@H](O)[C@@H](C)CO[Si](c1ccccc1)(c1ccccc1)C(C)(C)C. The number of hydrogen-bond acceptors (Lipinski definition) is 2. The molecule has 0 spiro atoms. The van der Waals surface area contributed by atoms with E-state index in [-0.39, 0.29) is 11.0 Å². The highest BCUT2D eigenvalue weighted by atomic mass is 127. The molecule has 2 aromatic rings. The van der Waals surface area contributed by atoms with Gasteiger partial charge in [0, 0.05) is 12.5 Å². The number of rotatable bonds is 7. The molecule has 0 radical (unpaired) electrons. The molecule has 1 N–H and O–H groups in total. The average molecular weight is 494 g/mol. The Kier molecular flexibility index (Phi) is 7.86. The van der Waals surface area contributed by atoms with Crippen LogP contribution < -0.4 is 10.4 Å². The molecular weight excluding hydrogens is 463 g/mol. The van der Waals surface area contributed by atoms with Gasteiger partial charge in [-0.3, -0.25) is 0 Å². The van der Waals surface area contributed by atoms with Gasteiger partial charge in [0.1, 0.15) is 0 Å². The summed E-state index contributed by atoms with van der Waals surface area (Å²) in [5.74, 6) is 0.0256. The normalized spacial score (nSPS) is 15.4. The van der Waals surface area contributed by atoms with Gasteiger partial charge < -0.3 is 9.53 Å². The molecule has 0 saturated heterocycles. The van der Waals surface area contributed by atoms with Crippen molar-refractivity contribution in [3.05, 3.63) is 70.3 Å². The molecule has 2 rings (SSSR count). The van der Waals surface area contributed by atoms with Gasteiger partial charge in [-0.05, 0) is 32.0 Å². The molecule has 2 aromatic carbocycles. The first-order chi connectivity index (χ1) is 12.7. The van der Waals surface area contributed by atoms with Crippen LogP contribution in [0.15, 0.2) is 70.3 Å². The summed E-state index contributed by atoms with van der Waals surface area (Å²) < 4.78 is 8.84. The monoisotopic (exact) mass is 494 g/mol. The van der Waals surface area contributed by atoms with Gasteiger partial charge in [0.2, 0.25) is 0 Å². The van der Waals surface area contributed by atoms with E-state index < -0.39 is 14.4 Å². The summed E-state index contributed by atoms with van der Waals surface area (Å²) >= 11 is 2.18. The maximum atomic E-state index is 10.6. The zero-order valence-corrected chi connectivity index (χ0v) is 20.1. The number of aliphatic hydroxyl groups excluding tert-OH is 1. The number of hydrogen-bond donors (Lipinski definition) is 1. The van der Waals surface area contributed by atoms with Crippen molar-refractivity contribution in [2.45, 2.75) is 45.8 Å². The van der Waals surface area contributed by atoms with Crippen molar-refractivity contribution in [1.29, 1.82) is 0 Å². The van der Waals surface area contributed by atoms with Gasteiger partial charge in [0.05, 0.1) is 6.10 Å². The van der Waals surface area contributed by atoms with E-state index in [9.17, 15) is 5.11 Å². The molecule has 0 bridgehead atoms. The first-order valence-electron chi connectivity index (χ1n) is 9.44. The lowest BCUT2D eigenvalue weighted by Gasteiger charge is -2.43. The summed E-state index contributed by atoms with van der Waals surface area (Å²) in [6.45, 7) is 11.4. The maximum Gasteiger partial charge on any atom is 0.261 e. The van der Waals surface area contributed by atoms with E-state index >= 15 is 0 Å². The summed E-state index contributed by atoms with van der Waals surface area (Å²) in [5.41, 5.74) is 0.981. The van der Waals surface area contributed by atoms with Crippen molar-refractivity contribution in [2.24, 2.45) is 5.92 Å². The van der Waals surface area contributed by atoms with E-state index in [1.165, 1.54) is 10.4 Å². The molecule has 0 saturated carbocycles. The molecule has 146 valence electrons. The summed E-state index contributed by atoms with van der Waals surface area (Å²) in [7, 11) is -2.54. The van der Waals surface area contributed by atoms with E-state index in [1.54, 1.807) is 0 Å². The predicted molar refractivity (Wildman–Crippen MR) is 127 cm³/mol. The van der Waals surface area contributed by atoms with Crippen LogP contribution in [0.4, 0.5) is 0 Å². The average Bonchev–Trinajstić information content (AvgIpc) is 2.67. The fourth-order valence-electron chi connectivity index (χ4n) is 3.62. The fraction of sp³-hybridized carbons (Fsp3) is 0.391. The maximum absolute atomic E-state index is 10.6. The van der Waals surface area contributed by atoms with Crippen molar-refractivity contribution in [3.63, 3.8) is 0 Å². The zero-order valence-electron chi connectivity index (χ0n) is 16.9. The Hall–Kier alpha value is -0.953. The van der Waals surface area contributed by atoms with E-state index in [0.29, 0.717) is 6.61 Å². The lowest BCUT2D eigenvalue weighted by molar-refractivity contribution is 0.108. The van der Waals surface area contributed by atoms with Gasteiger partial charge in [0.15, 0.2) is 0 Å². The van der Waals surface area contributed by atoms with Gasteiger partial charge in [-0.1, -0.05) is 111 Å². The minimum Gasteiger partial charge on any atom is -0.407 e. The third-order valence-corrected chi connectivity index (χ3v) is 11.1. The van der Waals surface area contributed by atoms with Gasteiger partial charge in [0.25, 0.3) is 8.32 Å². The van der Waals surface area contributed by atoms with Crippen LogP contribution in [0.2, 0.25) is 5.04 Å². The number of benzene rings is 2. The van der Waals surface area contributed by atoms with Crippen molar-refractivity contribution >= 4 is 41.3 Å². The van der Waals surface area contributed by atoms with Gasteiger partial charge >= 0.3 is 0 Å². The third-order valence-electron chi connectivity index (χ3n) is 5.16. The molecule has 4 heteroatoms. The van der Waals surface area contributed by atoms with Crippen LogP contribution in [0, 0.1) is 5.92 Å². The molecule has 0 unspecified atom stereocenters. The minimum absolute atomic E-state index is 0.0256. The Balaban J connectivity index is 2.50. The van der Waals surface area contributed by atoms with Crippen molar-refractivity contribution in [3.8, 4) is 0 Å². The number of halogens is 1. The van der Waals surface area contributed by atoms with Crippen LogP contribution in [0.5, 0.6) is 0 Å². The Labute approximate surface area is 178 Å². The van der Waals surface area contributed by atoms with Gasteiger partial charge in [-0.25, -0.2) is 0 Å². The molecule has 2 nitrogen and oxygen atoms in total. The van der Waals surface area contributed by atoms with E-state index in [0.717, 1.165) is 5.57 Å². The third kappa shape index (κ3) is 4.91. The second-order valence-corrected chi connectivity index (χ2v) is 13.2. The van der Waals surface area contributed by atoms with E-state index in [1.807, 2.05) is 11.0 Å². The largest absolute Gasteiger partial charge is 0.407 e. The molecular formula is C23H31IO2Si. The molecule has 0 aromatic heterocycles. The Morgan fingerprint density at radius 3 is 1.85 bits per heavy atom. The van der Waals surface area contributed by atoms with Crippen LogP contribution in [0.3, 0.4) is 0 Å². The van der Waals surface area contributed by atoms with Gasteiger partial charge in [-0.15, -0.1) is 0 Å². The Morgan fingerprint density at radius 2 is 1.48 bits per heavy atom. The lowest BCUT2D eigenvalue weighted by Crippen LogP contribution is -2.67. The highest BCUT2D eigenvalue weighted by Crippen LogP contribution is 2.37. The van der Waals surface area contributed by atoms with Gasteiger partial charge in [-0.2, -0.15) is 0 Å². The molecule has 0 heterocycles. The summed E-state index contributed by atoms with van der Waals surface area (Å²) in [6.07, 6.45) is -0.486. The first-order valence-corrected chi connectivity index (χ1v) is 12.6. The highest BCUT2D eigenvalue weighted by Gasteiger charge is 2.50. The minimum atomic E-state index is -2.54. The van der Waals surface area contributed by atoms with Crippen LogP contribution in [0.1, 0.15) is 34.6 Å². The second kappa shape index (κ2) is 9.50. The van der Waals surface area contributed by atoms with E-state index in [2.05, 4.69) is 111 Å². The molecule has 0 aliphatic carbocycles. The van der Waals surface area contributed by atoms with Crippen molar-refractivity contribution in [1.82, 2.24) is 0 Å². The lowest BCUT2D eigenvalue weighted by atomic mass is 10.0. The molecule has 2 atom stereocenters. The highest BCUT2D eigenvalue weighted by molar-refractivity contribution is 14.1. The molecule has 0 aliphatic rings. The quantitative estimate of drug-likeness (QED) is 0.439. The second-order valence-electron chi connectivity index (χ2n) is 8.25. The number of aliphatic hydroxyl groups is 1. The van der Waals surface area contributed by atoms with Crippen LogP contribution >= 0.6 is 22.6 Å². The fourth-order valence-corrected chi connectivity index (χ4v) is 8.66. The Morgan fingerprint density at radius 1 is 1.04 bits per heavy atom. The summed E-state index contributed by atoms with van der Waals surface area (Å²) in [5, 5.41) is 13.1. The summed E-state index contributed by atoms with van der Waals surface area (Å²) in [6, 6.07) is 21.3. The van der Waals surface area contributed by atoms with Crippen LogP contribution in [0.25, 0.3) is 0 Å². The van der Waals surface area contributed by atoms with Crippen molar-refractivity contribution in [2.75, 3.05) is 6.61 Å². The molecule has 0 amide bonds. The van der Waals surface area contributed by atoms with Crippen LogP contribution in [-0.4, -0.2) is 26.1 Å².